The smallest absolute Gasteiger partial charge is 0.184 e. The summed E-state index contributed by atoms with van der Waals surface area (Å²) in [6.07, 6.45) is 4.36. The van der Waals surface area contributed by atoms with E-state index in [9.17, 15) is 5.26 Å². The van der Waals surface area contributed by atoms with Gasteiger partial charge in [0.2, 0.25) is 0 Å². The lowest BCUT2D eigenvalue weighted by Crippen LogP contribution is -2.61. The molecule has 120 valence electrons. The van der Waals surface area contributed by atoms with E-state index in [1.165, 1.54) is 5.39 Å². The van der Waals surface area contributed by atoms with Crippen LogP contribution in [0.4, 0.5) is 5.69 Å². The van der Waals surface area contributed by atoms with Crippen molar-refractivity contribution in [1.29, 1.82) is 5.26 Å². The summed E-state index contributed by atoms with van der Waals surface area (Å²) in [7, 11) is 0. The summed E-state index contributed by atoms with van der Waals surface area (Å²) in [6.45, 7) is 8.89. The summed E-state index contributed by atoms with van der Waals surface area (Å²) < 4.78 is 0. The van der Waals surface area contributed by atoms with E-state index in [0.717, 1.165) is 23.9 Å². The maximum absolute atomic E-state index is 9.89. The third kappa shape index (κ3) is 3.18. The van der Waals surface area contributed by atoms with Crippen LogP contribution in [-0.4, -0.2) is 17.1 Å². The van der Waals surface area contributed by atoms with Gasteiger partial charge in [0.25, 0.3) is 0 Å². The summed E-state index contributed by atoms with van der Waals surface area (Å²) >= 11 is 0. The second-order valence-corrected chi connectivity index (χ2v) is 7.92. The Labute approximate surface area is 138 Å². The molecule has 23 heavy (non-hydrogen) atoms. The average molecular weight is 307 g/mol. The highest BCUT2D eigenvalue weighted by Gasteiger charge is 2.40. The molecule has 0 atom stereocenters. The topological polar surface area (TPSA) is 39.1 Å². The first kappa shape index (κ1) is 15.8. The molecule has 3 rings (SSSR count). The first-order valence-electron chi connectivity index (χ1n) is 8.27. The van der Waals surface area contributed by atoms with E-state index in [0.29, 0.717) is 0 Å². The highest BCUT2D eigenvalue weighted by molar-refractivity contribution is 5.95. The third-order valence-corrected chi connectivity index (χ3v) is 4.67. The monoisotopic (exact) mass is 307 g/mol. The molecule has 2 aromatic carbocycles. The molecule has 1 saturated heterocycles. The Morgan fingerprint density at radius 3 is 2.26 bits per heavy atom. The Morgan fingerprint density at radius 2 is 1.61 bits per heavy atom. The highest BCUT2D eigenvalue weighted by atomic mass is 15.2. The van der Waals surface area contributed by atoms with E-state index in [1.807, 2.05) is 23.1 Å². The Morgan fingerprint density at radius 1 is 1.00 bits per heavy atom. The van der Waals surface area contributed by atoms with Crippen LogP contribution in [-0.2, 0) is 0 Å². The molecule has 0 amide bonds. The Bertz CT molecular complexity index is 734. The van der Waals surface area contributed by atoms with Crippen LogP contribution in [0.25, 0.3) is 10.8 Å². The number of piperidine rings is 1. The SMILES string of the molecule is CC1(C)CC(N(C#N)c2cccc3ccccc23)CC(C)(C)N1. The zero-order chi connectivity index (χ0) is 16.7. The fraction of sp³-hybridized carbons (Fsp3) is 0.450. The Balaban J connectivity index is 2.04. The minimum Gasteiger partial charge on any atom is -0.307 e. The van der Waals surface area contributed by atoms with Gasteiger partial charge in [-0.1, -0.05) is 36.4 Å². The van der Waals surface area contributed by atoms with Crippen molar-refractivity contribution in [2.45, 2.75) is 57.7 Å². The lowest BCUT2D eigenvalue weighted by atomic mass is 9.79. The fourth-order valence-corrected chi connectivity index (χ4v) is 4.20. The van der Waals surface area contributed by atoms with Crippen LogP contribution in [0, 0.1) is 11.5 Å². The molecule has 0 radical (unpaired) electrons. The standard InChI is InChI=1S/C20H25N3/c1-19(2)12-16(13-20(3,4)22-19)23(14-21)18-11-7-9-15-8-5-6-10-17(15)18/h5-11,16,22H,12-13H2,1-4H3. The number of hydrogen-bond acceptors (Lipinski definition) is 3. The number of anilines is 1. The maximum Gasteiger partial charge on any atom is 0.184 e. The van der Waals surface area contributed by atoms with Crippen molar-refractivity contribution >= 4 is 16.5 Å². The minimum atomic E-state index is 0.0199. The van der Waals surface area contributed by atoms with Crippen molar-refractivity contribution in [3.8, 4) is 6.19 Å². The van der Waals surface area contributed by atoms with Crippen molar-refractivity contribution in [3.05, 3.63) is 42.5 Å². The molecule has 0 aromatic heterocycles. The molecule has 1 aliphatic rings. The van der Waals surface area contributed by atoms with Gasteiger partial charge in [0.1, 0.15) is 0 Å². The van der Waals surface area contributed by atoms with Crippen molar-refractivity contribution in [1.82, 2.24) is 5.32 Å². The molecule has 1 aliphatic heterocycles. The van der Waals surface area contributed by atoms with E-state index < -0.39 is 0 Å². The highest BCUT2D eigenvalue weighted by Crippen LogP contribution is 2.36. The number of hydrogen-bond donors (Lipinski definition) is 1. The number of nitriles is 1. The van der Waals surface area contributed by atoms with Crippen molar-refractivity contribution in [2.75, 3.05) is 4.90 Å². The second kappa shape index (κ2) is 5.54. The first-order chi connectivity index (χ1) is 10.8. The zero-order valence-electron chi connectivity index (χ0n) is 14.4. The molecule has 3 heteroatoms. The predicted octanol–water partition coefficient (Wildman–Crippen LogP) is 4.44. The van der Waals surface area contributed by atoms with Crippen LogP contribution in [0.3, 0.4) is 0 Å². The van der Waals surface area contributed by atoms with Gasteiger partial charge in [0, 0.05) is 22.5 Å². The molecule has 0 aliphatic carbocycles. The van der Waals surface area contributed by atoms with Gasteiger partial charge in [-0.2, -0.15) is 5.26 Å². The van der Waals surface area contributed by atoms with Crippen molar-refractivity contribution in [2.24, 2.45) is 0 Å². The van der Waals surface area contributed by atoms with Crippen molar-refractivity contribution < 1.29 is 0 Å². The van der Waals surface area contributed by atoms with Gasteiger partial charge in [-0.05, 0) is 52.0 Å². The average Bonchev–Trinajstić information content (AvgIpc) is 2.45. The van der Waals surface area contributed by atoms with Crippen LogP contribution in [0.2, 0.25) is 0 Å². The number of rotatable bonds is 2. The third-order valence-electron chi connectivity index (χ3n) is 4.67. The molecule has 2 aromatic rings. The molecule has 0 saturated carbocycles. The van der Waals surface area contributed by atoms with Gasteiger partial charge in [-0.3, -0.25) is 4.90 Å². The maximum atomic E-state index is 9.89. The first-order valence-corrected chi connectivity index (χ1v) is 8.27. The lowest BCUT2D eigenvalue weighted by Gasteiger charge is -2.48. The minimum absolute atomic E-state index is 0.0199. The summed E-state index contributed by atoms with van der Waals surface area (Å²) in [6, 6.07) is 14.7. The van der Waals surface area contributed by atoms with Crippen molar-refractivity contribution in [3.63, 3.8) is 0 Å². The molecule has 0 spiro atoms. The van der Waals surface area contributed by atoms with Gasteiger partial charge in [0.05, 0.1) is 5.69 Å². The molecule has 1 N–H and O–H groups in total. The van der Waals surface area contributed by atoms with Gasteiger partial charge >= 0.3 is 0 Å². The quantitative estimate of drug-likeness (QED) is 0.658. The van der Waals surface area contributed by atoms with Gasteiger partial charge < -0.3 is 5.32 Å². The van der Waals surface area contributed by atoms with Crippen LogP contribution in [0.1, 0.15) is 40.5 Å². The van der Waals surface area contributed by atoms with E-state index in [2.05, 4.69) is 63.5 Å². The zero-order valence-corrected chi connectivity index (χ0v) is 14.4. The van der Waals surface area contributed by atoms with Gasteiger partial charge in [-0.25, -0.2) is 0 Å². The summed E-state index contributed by atoms with van der Waals surface area (Å²) in [5.74, 6) is 0. The normalized spacial score (nSPS) is 20.1. The molecular formula is C20H25N3. The molecule has 3 nitrogen and oxygen atoms in total. The lowest BCUT2D eigenvalue weighted by molar-refractivity contribution is 0.163. The molecule has 1 fully saturated rings. The second-order valence-electron chi connectivity index (χ2n) is 7.92. The van der Waals surface area contributed by atoms with Crippen LogP contribution < -0.4 is 10.2 Å². The van der Waals surface area contributed by atoms with Gasteiger partial charge in [-0.15, -0.1) is 0 Å². The molecular weight excluding hydrogens is 282 g/mol. The fourth-order valence-electron chi connectivity index (χ4n) is 4.20. The van der Waals surface area contributed by atoms with Gasteiger partial charge in [0.15, 0.2) is 6.19 Å². The number of nitrogens with zero attached hydrogens (tertiary/aromatic N) is 2. The van der Waals surface area contributed by atoms with E-state index in [4.69, 9.17) is 0 Å². The Kier molecular flexibility index (Phi) is 3.82. The molecule has 0 bridgehead atoms. The number of fused-ring (bicyclic) bond motifs is 1. The summed E-state index contributed by atoms with van der Waals surface area (Å²) in [4.78, 5) is 1.92. The van der Waals surface area contributed by atoms with Crippen LogP contribution in [0.15, 0.2) is 42.5 Å². The van der Waals surface area contributed by atoms with E-state index in [1.54, 1.807) is 0 Å². The van der Waals surface area contributed by atoms with E-state index in [-0.39, 0.29) is 17.1 Å². The van der Waals surface area contributed by atoms with E-state index >= 15 is 0 Å². The van der Waals surface area contributed by atoms with Crippen LogP contribution >= 0.6 is 0 Å². The summed E-state index contributed by atoms with van der Waals surface area (Å²) in [5, 5.41) is 15.9. The molecule has 1 heterocycles. The predicted molar refractivity (Wildman–Crippen MR) is 96.4 cm³/mol. The number of benzene rings is 2. The molecule has 0 unspecified atom stereocenters. The number of nitrogens with one attached hydrogen (secondary N) is 1. The summed E-state index contributed by atoms with van der Waals surface area (Å²) in [5.41, 5.74) is 1.06. The largest absolute Gasteiger partial charge is 0.307 e. The van der Waals surface area contributed by atoms with Crippen LogP contribution in [0.5, 0.6) is 0 Å². The Hall–Kier alpha value is -2.05.